The van der Waals surface area contributed by atoms with Gasteiger partial charge in [0.05, 0.1) is 10.8 Å². The zero-order valence-corrected chi connectivity index (χ0v) is 11.1. The Morgan fingerprint density at radius 2 is 0.944 bits per heavy atom. The average molecular weight is 250 g/mol. The predicted molar refractivity (Wildman–Crippen MR) is 63.7 cm³/mol. The van der Waals surface area contributed by atoms with E-state index in [4.69, 9.17) is 0 Å². The van der Waals surface area contributed by atoms with Gasteiger partial charge in [-0.1, -0.05) is 27.7 Å². The van der Waals surface area contributed by atoms with E-state index in [2.05, 4.69) is 0 Å². The van der Waals surface area contributed by atoms with Crippen LogP contribution < -0.4 is 0 Å². The summed E-state index contributed by atoms with van der Waals surface area (Å²) in [5.74, 6) is -0.978. The number of hydrogen-bond acceptors (Lipinski definition) is 4. The van der Waals surface area contributed by atoms with Gasteiger partial charge >= 0.3 is 0 Å². The first kappa shape index (κ1) is 13.1. The van der Waals surface area contributed by atoms with Crippen molar-refractivity contribution in [3.63, 3.8) is 0 Å². The number of carbonyl (C=O) groups is 4. The summed E-state index contributed by atoms with van der Waals surface area (Å²) in [5.41, 5.74) is -3.18. The molecule has 2 fully saturated rings. The Balaban J connectivity index is 2.61. The molecule has 0 spiro atoms. The van der Waals surface area contributed by atoms with Gasteiger partial charge in [-0.05, 0) is 10.8 Å². The Hall–Kier alpha value is -1.32. The molecule has 2 aliphatic rings. The minimum absolute atomic E-state index is 0.489. The van der Waals surface area contributed by atoms with Gasteiger partial charge in [0.25, 0.3) is 0 Å². The topological polar surface area (TPSA) is 68.3 Å². The first-order valence-corrected chi connectivity index (χ1v) is 6.09. The molecule has 4 heteroatoms. The van der Waals surface area contributed by atoms with Crippen LogP contribution in [0.1, 0.15) is 27.7 Å². The van der Waals surface area contributed by atoms with Crippen molar-refractivity contribution in [1.29, 1.82) is 0 Å². The van der Waals surface area contributed by atoms with E-state index in [1.165, 1.54) is 0 Å². The van der Waals surface area contributed by atoms with Crippen molar-refractivity contribution in [3.05, 3.63) is 0 Å². The molecule has 0 bridgehead atoms. The second-order valence-corrected chi connectivity index (χ2v) is 6.64. The van der Waals surface area contributed by atoms with Crippen LogP contribution in [0.15, 0.2) is 0 Å². The highest BCUT2D eigenvalue weighted by atomic mass is 16.1. The summed E-state index contributed by atoms with van der Waals surface area (Å²) in [7, 11) is 0. The first-order chi connectivity index (χ1) is 8.26. The van der Waals surface area contributed by atoms with Gasteiger partial charge in [-0.2, -0.15) is 0 Å². The van der Waals surface area contributed by atoms with Gasteiger partial charge in [0.15, 0.2) is 0 Å². The molecule has 0 radical (unpaired) electrons. The van der Waals surface area contributed by atoms with E-state index < -0.39 is 33.5 Å². The third-order valence-corrected chi connectivity index (χ3v) is 5.83. The normalized spacial score (nSPS) is 46.9. The summed E-state index contributed by atoms with van der Waals surface area (Å²) in [6.45, 7) is 7.23. The molecule has 4 nitrogen and oxygen atoms in total. The Labute approximate surface area is 106 Å². The molecule has 0 saturated heterocycles. The fourth-order valence-corrected chi connectivity index (χ4v) is 4.46. The lowest BCUT2D eigenvalue weighted by Gasteiger charge is -2.24. The van der Waals surface area contributed by atoms with Gasteiger partial charge in [0.1, 0.15) is 25.1 Å². The minimum atomic E-state index is -1.03. The second kappa shape index (κ2) is 3.16. The highest BCUT2D eigenvalue weighted by Gasteiger charge is 2.91. The zero-order valence-electron chi connectivity index (χ0n) is 11.1. The lowest BCUT2D eigenvalue weighted by molar-refractivity contribution is -0.128. The highest BCUT2D eigenvalue weighted by Crippen LogP contribution is 2.87. The van der Waals surface area contributed by atoms with E-state index in [1.54, 1.807) is 0 Å². The summed E-state index contributed by atoms with van der Waals surface area (Å²) in [6, 6.07) is 0. The van der Waals surface area contributed by atoms with Crippen molar-refractivity contribution < 1.29 is 19.2 Å². The number of carbonyl (C=O) groups excluding carboxylic acids is 4. The quantitative estimate of drug-likeness (QED) is 0.684. The fraction of sp³-hybridized carbons (Fsp3) is 0.714. The predicted octanol–water partition coefficient (Wildman–Crippen LogP) is 1.07. The molecule has 2 rings (SSSR count). The zero-order chi connectivity index (χ0) is 14.0. The van der Waals surface area contributed by atoms with Crippen LogP contribution >= 0.6 is 0 Å². The van der Waals surface area contributed by atoms with E-state index >= 15 is 0 Å². The molecule has 98 valence electrons. The van der Waals surface area contributed by atoms with Gasteiger partial charge < -0.3 is 19.2 Å². The fourth-order valence-electron chi connectivity index (χ4n) is 4.46. The highest BCUT2D eigenvalue weighted by molar-refractivity contribution is 5.93. The van der Waals surface area contributed by atoms with E-state index in [0.29, 0.717) is 0 Å². The molecule has 4 atom stereocenters. The maximum atomic E-state index is 11.6. The van der Waals surface area contributed by atoms with Crippen LogP contribution in [0.3, 0.4) is 0 Å². The molecule has 2 saturated carbocycles. The standard InChI is InChI=1S/C14H18O4/c1-11(2)9(5-15)13(11,7-17)14(8-18)10(6-16)12(14,3)4/h5-10H,1-4H3. The number of hydrogen-bond donors (Lipinski definition) is 0. The van der Waals surface area contributed by atoms with Crippen molar-refractivity contribution in [1.82, 2.24) is 0 Å². The van der Waals surface area contributed by atoms with Gasteiger partial charge in [0, 0.05) is 11.8 Å². The molecule has 0 aromatic rings. The Bertz CT molecular complexity index is 409. The van der Waals surface area contributed by atoms with E-state index in [1.807, 2.05) is 27.7 Å². The molecule has 0 N–H and O–H groups in total. The molecule has 0 aromatic heterocycles. The summed E-state index contributed by atoms with van der Waals surface area (Å²) >= 11 is 0. The SMILES string of the molecule is CC1(C)C(C=O)C1(C=O)C1(C=O)C(C=O)C1(C)C. The van der Waals surface area contributed by atoms with Crippen LogP contribution in [-0.4, -0.2) is 25.1 Å². The maximum Gasteiger partial charge on any atom is 0.128 e. The summed E-state index contributed by atoms with van der Waals surface area (Å²) in [4.78, 5) is 45.7. The average Bonchev–Trinajstić information content (AvgIpc) is 3.02. The molecular weight excluding hydrogens is 232 g/mol. The number of rotatable bonds is 5. The van der Waals surface area contributed by atoms with Crippen LogP contribution in [0, 0.1) is 33.5 Å². The molecule has 2 aliphatic carbocycles. The number of aldehydes is 4. The van der Waals surface area contributed by atoms with Crippen LogP contribution in [0.5, 0.6) is 0 Å². The van der Waals surface area contributed by atoms with Crippen molar-refractivity contribution in [2.24, 2.45) is 33.5 Å². The molecular formula is C14H18O4. The van der Waals surface area contributed by atoms with Gasteiger partial charge in [-0.15, -0.1) is 0 Å². The van der Waals surface area contributed by atoms with Crippen LogP contribution in [-0.2, 0) is 19.2 Å². The van der Waals surface area contributed by atoms with E-state index in [-0.39, 0.29) is 0 Å². The smallest absolute Gasteiger partial charge is 0.128 e. The Morgan fingerprint density at radius 3 is 1.06 bits per heavy atom. The molecule has 18 heavy (non-hydrogen) atoms. The van der Waals surface area contributed by atoms with E-state index in [0.717, 1.165) is 25.1 Å². The van der Waals surface area contributed by atoms with Crippen LogP contribution in [0.4, 0.5) is 0 Å². The maximum absolute atomic E-state index is 11.6. The second-order valence-electron chi connectivity index (χ2n) is 6.64. The summed E-state index contributed by atoms with van der Waals surface area (Å²) in [5, 5.41) is 0. The largest absolute Gasteiger partial charge is 0.303 e. The molecule has 4 unspecified atom stereocenters. The minimum Gasteiger partial charge on any atom is -0.303 e. The van der Waals surface area contributed by atoms with E-state index in [9.17, 15) is 19.2 Å². The third-order valence-electron chi connectivity index (χ3n) is 5.83. The molecule has 0 aliphatic heterocycles. The van der Waals surface area contributed by atoms with Crippen molar-refractivity contribution in [2.75, 3.05) is 0 Å². The summed E-state index contributed by atoms with van der Waals surface area (Å²) in [6.07, 6.45) is 2.95. The van der Waals surface area contributed by atoms with Crippen LogP contribution in [0.25, 0.3) is 0 Å². The third kappa shape index (κ3) is 0.886. The lowest BCUT2D eigenvalue weighted by atomic mass is 9.76. The van der Waals surface area contributed by atoms with Gasteiger partial charge in [-0.3, -0.25) is 0 Å². The summed E-state index contributed by atoms with van der Waals surface area (Å²) < 4.78 is 0. The van der Waals surface area contributed by atoms with Gasteiger partial charge in [0.2, 0.25) is 0 Å². The Kier molecular flexibility index (Phi) is 2.31. The molecule has 0 aromatic carbocycles. The van der Waals surface area contributed by atoms with Crippen molar-refractivity contribution in [3.8, 4) is 0 Å². The molecule has 0 heterocycles. The van der Waals surface area contributed by atoms with Crippen molar-refractivity contribution >= 4 is 25.1 Å². The first-order valence-electron chi connectivity index (χ1n) is 6.09. The van der Waals surface area contributed by atoms with Crippen molar-refractivity contribution in [2.45, 2.75) is 27.7 Å². The van der Waals surface area contributed by atoms with Gasteiger partial charge in [-0.25, -0.2) is 0 Å². The van der Waals surface area contributed by atoms with Crippen LogP contribution in [0.2, 0.25) is 0 Å². The Morgan fingerprint density at radius 1 is 0.667 bits per heavy atom. The monoisotopic (exact) mass is 250 g/mol. The lowest BCUT2D eigenvalue weighted by Crippen LogP contribution is -2.32. The molecule has 0 amide bonds.